The zero-order chi connectivity index (χ0) is 14.8. The minimum absolute atomic E-state index is 0.0426. The van der Waals surface area contributed by atoms with E-state index in [1.54, 1.807) is 0 Å². The van der Waals surface area contributed by atoms with Gasteiger partial charge in [-0.2, -0.15) is 5.10 Å². The summed E-state index contributed by atoms with van der Waals surface area (Å²) < 4.78 is 2.02. The first kappa shape index (κ1) is 15.5. The van der Waals surface area contributed by atoms with Crippen molar-refractivity contribution in [2.75, 3.05) is 6.61 Å². The molecule has 1 heterocycles. The number of nitrogens with one attached hydrogen (secondary N) is 1. The van der Waals surface area contributed by atoms with E-state index in [1.165, 1.54) is 29.8 Å². The third-order valence-corrected chi connectivity index (χ3v) is 5.00. The fraction of sp³-hybridized carbons (Fsp3) is 0.812. The van der Waals surface area contributed by atoms with Crippen LogP contribution in [0.2, 0.25) is 0 Å². The molecule has 1 fully saturated rings. The fourth-order valence-electron chi connectivity index (χ4n) is 3.59. The van der Waals surface area contributed by atoms with Crippen LogP contribution < -0.4 is 5.32 Å². The Labute approximate surface area is 122 Å². The molecule has 1 aliphatic carbocycles. The molecule has 2 unspecified atom stereocenters. The van der Waals surface area contributed by atoms with Crippen LogP contribution in [-0.4, -0.2) is 27.5 Å². The summed E-state index contributed by atoms with van der Waals surface area (Å²) in [7, 11) is 2.04. The largest absolute Gasteiger partial charge is 0.396 e. The van der Waals surface area contributed by atoms with Gasteiger partial charge in [-0.05, 0) is 25.7 Å². The summed E-state index contributed by atoms with van der Waals surface area (Å²) in [4.78, 5) is 0. The summed E-state index contributed by atoms with van der Waals surface area (Å²) >= 11 is 0. The molecule has 0 aromatic carbocycles. The van der Waals surface area contributed by atoms with Crippen molar-refractivity contribution in [1.82, 2.24) is 15.1 Å². The summed E-state index contributed by atoms with van der Waals surface area (Å²) in [6, 6.07) is 0.419. The zero-order valence-electron chi connectivity index (χ0n) is 13.4. The molecule has 0 saturated heterocycles. The van der Waals surface area contributed by atoms with E-state index in [-0.39, 0.29) is 12.0 Å². The van der Waals surface area contributed by atoms with Crippen LogP contribution in [0.25, 0.3) is 0 Å². The van der Waals surface area contributed by atoms with E-state index in [1.807, 2.05) is 11.7 Å². The highest BCUT2D eigenvalue weighted by atomic mass is 16.3. The van der Waals surface area contributed by atoms with E-state index in [9.17, 15) is 5.11 Å². The summed E-state index contributed by atoms with van der Waals surface area (Å²) in [5.74, 6) is 0. The van der Waals surface area contributed by atoms with Gasteiger partial charge < -0.3 is 10.4 Å². The highest BCUT2D eigenvalue weighted by Gasteiger charge is 2.37. The Morgan fingerprint density at radius 2 is 2.15 bits per heavy atom. The van der Waals surface area contributed by atoms with Crippen molar-refractivity contribution in [2.24, 2.45) is 12.5 Å². The standard InChI is InChI=1S/C16H29N3O/c1-5-13-12(14(6-2)19(4)18-13)10-17-15-8-7-9-16(15,3)11-20/h15,17,20H,5-11H2,1-4H3. The van der Waals surface area contributed by atoms with Gasteiger partial charge in [0.1, 0.15) is 0 Å². The van der Waals surface area contributed by atoms with Gasteiger partial charge in [0.15, 0.2) is 0 Å². The second-order valence-corrected chi connectivity index (χ2v) is 6.34. The molecule has 4 heteroatoms. The average molecular weight is 279 g/mol. The maximum atomic E-state index is 9.64. The van der Waals surface area contributed by atoms with Crippen LogP contribution in [0.4, 0.5) is 0 Å². The average Bonchev–Trinajstić information content (AvgIpc) is 2.97. The van der Waals surface area contributed by atoms with Crippen molar-refractivity contribution in [3.8, 4) is 0 Å². The first-order valence-electron chi connectivity index (χ1n) is 7.93. The maximum absolute atomic E-state index is 9.64. The molecule has 0 aliphatic heterocycles. The molecule has 0 spiro atoms. The van der Waals surface area contributed by atoms with Gasteiger partial charge in [-0.1, -0.05) is 27.2 Å². The van der Waals surface area contributed by atoms with Crippen LogP contribution in [0, 0.1) is 5.41 Å². The predicted molar refractivity (Wildman–Crippen MR) is 81.6 cm³/mol. The van der Waals surface area contributed by atoms with E-state index < -0.39 is 0 Å². The molecule has 1 aromatic rings. The van der Waals surface area contributed by atoms with Crippen molar-refractivity contribution in [3.63, 3.8) is 0 Å². The lowest BCUT2D eigenvalue weighted by Crippen LogP contribution is -2.41. The first-order chi connectivity index (χ1) is 9.55. The Bertz CT molecular complexity index is 455. The Balaban J connectivity index is 2.11. The molecular formula is C16H29N3O. The molecule has 0 amide bonds. The smallest absolute Gasteiger partial charge is 0.0669 e. The Kier molecular flexibility index (Phi) is 4.86. The summed E-state index contributed by atoms with van der Waals surface area (Å²) in [5.41, 5.74) is 3.95. The van der Waals surface area contributed by atoms with Crippen molar-refractivity contribution in [3.05, 3.63) is 17.0 Å². The molecular weight excluding hydrogens is 250 g/mol. The third kappa shape index (κ3) is 2.77. The molecule has 114 valence electrons. The molecule has 1 saturated carbocycles. The van der Waals surface area contributed by atoms with Crippen LogP contribution >= 0.6 is 0 Å². The van der Waals surface area contributed by atoms with Crippen molar-refractivity contribution >= 4 is 0 Å². The minimum atomic E-state index is 0.0426. The normalized spacial score (nSPS) is 26.4. The lowest BCUT2D eigenvalue weighted by Gasteiger charge is -2.30. The van der Waals surface area contributed by atoms with Gasteiger partial charge >= 0.3 is 0 Å². The Morgan fingerprint density at radius 1 is 1.40 bits per heavy atom. The van der Waals surface area contributed by atoms with E-state index in [0.29, 0.717) is 6.04 Å². The molecule has 2 rings (SSSR count). The molecule has 0 bridgehead atoms. The Hall–Kier alpha value is -0.870. The Morgan fingerprint density at radius 3 is 2.75 bits per heavy atom. The van der Waals surface area contributed by atoms with Crippen LogP contribution in [-0.2, 0) is 26.4 Å². The van der Waals surface area contributed by atoms with Gasteiger partial charge in [0, 0.05) is 42.9 Å². The van der Waals surface area contributed by atoms with Crippen LogP contribution in [0.3, 0.4) is 0 Å². The van der Waals surface area contributed by atoms with Crippen molar-refractivity contribution in [1.29, 1.82) is 0 Å². The van der Waals surface area contributed by atoms with Gasteiger partial charge in [-0.25, -0.2) is 0 Å². The van der Waals surface area contributed by atoms with Crippen molar-refractivity contribution < 1.29 is 5.11 Å². The van der Waals surface area contributed by atoms with E-state index >= 15 is 0 Å². The van der Waals surface area contributed by atoms with Crippen molar-refractivity contribution in [2.45, 2.75) is 65.5 Å². The zero-order valence-corrected chi connectivity index (χ0v) is 13.4. The van der Waals surface area contributed by atoms with Gasteiger partial charge in [-0.3, -0.25) is 4.68 Å². The monoisotopic (exact) mass is 279 g/mol. The molecule has 2 N–H and O–H groups in total. The molecule has 1 aliphatic rings. The van der Waals surface area contributed by atoms with Crippen LogP contribution in [0.15, 0.2) is 0 Å². The van der Waals surface area contributed by atoms with Gasteiger partial charge in [0.05, 0.1) is 5.69 Å². The fourth-order valence-corrected chi connectivity index (χ4v) is 3.59. The molecule has 1 aromatic heterocycles. The number of aliphatic hydroxyl groups excluding tert-OH is 1. The van der Waals surface area contributed by atoms with Gasteiger partial charge in [-0.15, -0.1) is 0 Å². The molecule has 0 radical (unpaired) electrons. The van der Waals surface area contributed by atoms with E-state index in [0.717, 1.165) is 25.8 Å². The van der Waals surface area contributed by atoms with E-state index in [2.05, 4.69) is 31.2 Å². The maximum Gasteiger partial charge on any atom is 0.0669 e. The predicted octanol–water partition coefficient (Wildman–Crippen LogP) is 2.19. The first-order valence-corrected chi connectivity index (χ1v) is 7.93. The lowest BCUT2D eigenvalue weighted by atomic mass is 9.85. The van der Waals surface area contributed by atoms with Gasteiger partial charge in [0.25, 0.3) is 0 Å². The quantitative estimate of drug-likeness (QED) is 0.839. The van der Waals surface area contributed by atoms with Crippen LogP contribution in [0.1, 0.15) is 57.0 Å². The number of aryl methyl sites for hydroxylation is 2. The number of aromatic nitrogens is 2. The topological polar surface area (TPSA) is 50.1 Å². The number of aliphatic hydroxyl groups is 1. The number of nitrogens with zero attached hydrogens (tertiary/aromatic N) is 2. The minimum Gasteiger partial charge on any atom is -0.396 e. The number of rotatable bonds is 6. The molecule has 4 nitrogen and oxygen atoms in total. The summed E-state index contributed by atoms with van der Waals surface area (Å²) in [6.07, 6.45) is 5.49. The molecule has 20 heavy (non-hydrogen) atoms. The highest BCUT2D eigenvalue weighted by Crippen LogP contribution is 2.37. The SMILES string of the molecule is CCc1nn(C)c(CC)c1CNC1CCCC1(C)CO. The van der Waals surface area contributed by atoms with Gasteiger partial charge in [0.2, 0.25) is 0 Å². The highest BCUT2D eigenvalue weighted by molar-refractivity contribution is 5.26. The second-order valence-electron chi connectivity index (χ2n) is 6.34. The van der Waals surface area contributed by atoms with Crippen LogP contribution in [0.5, 0.6) is 0 Å². The summed E-state index contributed by atoms with van der Waals surface area (Å²) in [6.45, 7) is 7.70. The number of hydrogen-bond acceptors (Lipinski definition) is 3. The molecule has 2 atom stereocenters. The summed E-state index contributed by atoms with van der Waals surface area (Å²) in [5, 5.41) is 18.0. The second kappa shape index (κ2) is 6.27. The lowest BCUT2D eigenvalue weighted by molar-refractivity contribution is 0.118. The third-order valence-electron chi connectivity index (χ3n) is 5.00. The van der Waals surface area contributed by atoms with E-state index in [4.69, 9.17) is 0 Å². The number of hydrogen-bond donors (Lipinski definition) is 2.